The average Bonchev–Trinajstić information content (AvgIpc) is 2.47. The second-order valence-corrected chi connectivity index (χ2v) is 4.78. The summed E-state index contributed by atoms with van der Waals surface area (Å²) in [5.41, 5.74) is 9.05. The predicted octanol–water partition coefficient (Wildman–Crippen LogP) is 1.73. The molecule has 0 fully saturated rings. The van der Waals surface area contributed by atoms with Crippen LogP contribution in [0.2, 0.25) is 0 Å². The number of ether oxygens (including phenoxy) is 2. The first-order valence-corrected chi connectivity index (χ1v) is 6.61. The van der Waals surface area contributed by atoms with Crippen molar-refractivity contribution in [2.75, 3.05) is 19.5 Å². The summed E-state index contributed by atoms with van der Waals surface area (Å²) >= 11 is 0. The lowest BCUT2D eigenvalue weighted by Crippen LogP contribution is -2.17. The van der Waals surface area contributed by atoms with Crippen molar-refractivity contribution in [1.82, 2.24) is 9.97 Å². The number of rotatable bonds is 3. The fourth-order valence-corrected chi connectivity index (χ4v) is 2.35. The largest absolute Gasteiger partial charge is 0.497 e. The number of anilines is 1. The van der Waals surface area contributed by atoms with E-state index in [4.69, 9.17) is 15.2 Å². The van der Waals surface area contributed by atoms with Crippen LogP contribution < -0.4 is 10.5 Å². The third kappa shape index (κ3) is 2.58. The zero-order valence-electron chi connectivity index (χ0n) is 11.4. The molecule has 1 aliphatic rings. The van der Waals surface area contributed by atoms with E-state index in [9.17, 15) is 0 Å². The molecule has 2 heterocycles. The van der Waals surface area contributed by atoms with E-state index in [1.165, 1.54) is 0 Å². The maximum absolute atomic E-state index is 6.00. The first kappa shape index (κ1) is 12.9. The van der Waals surface area contributed by atoms with Crippen molar-refractivity contribution in [3.05, 3.63) is 46.9 Å². The minimum atomic E-state index is 0.514. The molecule has 3 rings (SSSR count). The summed E-state index contributed by atoms with van der Waals surface area (Å²) in [5, 5.41) is 0. The zero-order chi connectivity index (χ0) is 13.9. The molecule has 20 heavy (non-hydrogen) atoms. The van der Waals surface area contributed by atoms with Crippen molar-refractivity contribution in [3.63, 3.8) is 0 Å². The fourth-order valence-electron chi connectivity index (χ4n) is 2.35. The third-order valence-corrected chi connectivity index (χ3v) is 3.40. The van der Waals surface area contributed by atoms with Crippen molar-refractivity contribution in [1.29, 1.82) is 0 Å². The van der Waals surface area contributed by atoms with E-state index in [1.54, 1.807) is 7.11 Å². The zero-order valence-corrected chi connectivity index (χ0v) is 11.4. The lowest BCUT2D eigenvalue weighted by Gasteiger charge is -2.17. The van der Waals surface area contributed by atoms with Crippen LogP contribution in [0.25, 0.3) is 0 Å². The van der Waals surface area contributed by atoms with E-state index in [-0.39, 0.29) is 0 Å². The maximum Gasteiger partial charge on any atom is 0.135 e. The molecule has 5 heteroatoms. The Hall–Kier alpha value is -2.14. The fraction of sp³-hybridized carbons (Fsp3) is 0.333. The van der Waals surface area contributed by atoms with Crippen LogP contribution in [0.3, 0.4) is 0 Å². The molecule has 2 aromatic rings. The van der Waals surface area contributed by atoms with Crippen LogP contribution in [-0.4, -0.2) is 23.7 Å². The molecule has 5 nitrogen and oxygen atoms in total. The number of nitrogens with zero attached hydrogens (tertiary/aromatic N) is 2. The highest BCUT2D eigenvalue weighted by Gasteiger charge is 2.16. The average molecular weight is 271 g/mol. The molecule has 0 atom stereocenters. The van der Waals surface area contributed by atoms with E-state index in [2.05, 4.69) is 9.97 Å². The number of hydrogen-bond donors (Lipinski definition) is 1. The van der Waals surface area contributed by atoms with Gasteiger partial charge in [-0.15, -0.1) is 0 Å². The molecule has 0 radical (unpaired) electrons. The molecule has 0 spiro atoms. The molecule has 1 aromatic heterocycles. The molecule has 1 aromatic carbocycles. The predicted molar refractivity (Wildman–Crippen MR) is 75.6 cm³/mol. The highest BCUT2D eigenvalue weighted by atomic mass is 16.5. The van der Waals surface area contributed by atoms with Gasteiger partial charge in [-0.05, 0) is 17.7 Å². The van der Waals surface area contributed by atoms with Crippen molar-refractivity contribution >= 4 is 5.82 Å². The Balaban J connectivity index is 1.89. The van der Waals surface area contributed by atoms with Crippen LogP contribution in [0.5, 0.6) is 5.75 Å². The summed E-state index contributed by atoms with van der Waals surface area (Å²) < 4.78 is 10.6. The summed E-state index contributed by atoms with van der Waals surface area (Å²) in [4.78, 5) is 9.00. The standard InChI is InChI=1S/C15H17N3O2/c1-19-11-4-2-3-10(7-11)8-14-17-13-5-6-20-9-12(13)15(16)18-14/h2-4,7H,5-6,8-9H2,1H3,(H2,16,17,18). The number of aromatic nitrogens is 2. The van der Waals surface area contributed by atoms with Gasteiger partial charge in [-0.25, -0.2) is 9.97 Å². The van der Waals surface area contributed by atoms with Gasteiger partial charge in [0.05, 0.1) is 26.0 Å². The smallest absolute Gasteiger partial charge is 0.135 e. The molecule has 2 N–H and O–H groups in total. The quantitative estimate of drug-likeness (QED) is 0.920. The first-order chi connectivity index (χ1) is 9.76. The van der Waals surface area contributed by atoms with Crippen LogP contribution in [0.15, 0.2) is 24.3 Å². The summed E-state index contributed by atoms with van der Waals surface area (Å²) in [6.07, 6.45) is 1.45. The van der Waals surface area contributed by atoms with Gasteiger partial charge in [-0.1, -0.05) is 12.1 Å². The van der Waals surface area contributed by atoms with Gasteiger partial charge in [-0.3, -0.25) is 0 Å². The molecule has 0 saturated carbocycles. The van der Waals surface area contributed by atoms with Gasteiger partial charge in [0.25, 0.3) is 0 Å². The van der Waals surface area contributed by atoms with Crippen molar-refractivity contribution in [2.45, 2.75) is 19.4 Å². The maximum atomic E-state index is 6.00. The van der Waals surface area contributed by atoms with E-state index < -0.39 is 0 Å². The summed E-state index contributed by atoms with van der Waals surface area (Å²) in [5.74, 6) is 2.12. The number of fused-ring (bicyclic) bond motifs is 1. The van der Waals surface area contributed by atoms with Crippen molar-refractivity contribution in [3.8, 4) is 5.75 Å². The Kier molecular flexibility index (Phi) is 3.52. The van der Waals surface area contributed by atoms with Gasteiger partial charge in [0.2, 0.25) is 0 Å². The topological polar surface area (TPSA) is 70.3 Å². The minimum Gasteiger partial charge on any atom is -0.497 e. The SMILES string of the molecule is COc1cccc(Cc2nc(N)c3c(n2)CCOC3)c1. The Morgan fingerprint density at radius 2 is 2.25 bits per heavy atom. The number of nitrogen functional groups attached to an aromatic ring is 1. The Bertz CT molecular complexity index is 629. The van der Waals surface area contributed by atoms with Crippen LogP contribution in [0, 0.1) is 0 Å². The molecule has 0 aliphatic carbocycles. The van der Waals surface area contributed by atoms with Crippen molar-refractivity contribution < 1.29 is 9.47 Å². The molecule has 0 saturated heterocycles. The number of methoxy groups -OCH3 is 1. The van der Waals surface area contributed by atoms with E-state index in [0.717, 1.165) is 34.8 Å². The monoisotopic (exact) mass is 271 g/mol. The molecule has 1 aliphatic heterocycles. The minimum absolute atomic E-state index is 0.514. The molecule has 0 bridgehead atoms. The van der Waals surface area contributed by atoms with Gasteiger partial charge >= 0.3 is 0 Å². The Labute approximate surface area is 117 Å². The van der Waals surface area contributed by atoms with Gasteiger partial charge in [0, 0.05) is 18.4 Å². The molecular weight excluding hydrogens is 254 g/mol. The Morgan fingerprint density at radius 3 is 3.10 bits per heavy atom. The van der Waals surface area contributed by atoms with Crippen LogP contribution in [-0.2, 0) is 24.2 Å². The van der Waals surface area contributed by atoms with Crippen LogP contribution in [0.1, 0.15) is 22.6 Å². The number of nitrogens with two attached hydrogens (primary N) is 1. The molecule has 0 unspecified atom stereocenters. The van der Waals surface area contributed by atoms with Gasteiger partial charge in [-0.2, -0.15) is 0 Å². The molecule has 0 amide bonds. The van der Waals surface area contributed by atoms with Gasteiger partial charge in [0.15, 0.2) is 0 Å². The lowest BCUT2D eigenvalue weighted by atomic mass is 10.1. The normalized spacial score (nSPS) is 13.8. The summed E-state index contributed by atoms with van der Waals surface area (Å²) in [7, 11) is 1.66. The summed E-state index contributed by atoms with van der Waals surface area (Å²) in [6, 6.07) is 7.90. The van der Waals surface area contributed by atoms with Gasteiger partial charge in [0.1, 0.15) is 17.4 Å². The number of hydrogen-bond acceptors (Lipinski definition) is 5. The summed E-state index contributed by atoms with van der Waals surface area (Å²) in [6.45, 7) is 1.21. The van der Waals surface area contributed by atoms with Crippen LogP contribution >= 0.6 is 0 Å². The molecule has 104 valence electrons. The van der Waals surface area contributed by atoms with E-state index in [0.29, 0.717) is 25.5 Å². The first-order valence-electron chi connectivity index (χ1n) is 6.61. The second-order valence-electron chi connectivity index (χ2n) is 4.78. The molecular formula is C15H17N3O2. The third-order valence-electron chi connectivity index (χ3n) is 3.40. The highest BCUT2D eigenvalue weighted by molar-refractivity contribution is 5.43. The van der Waals surface area contributed by atoms with Gasteiger partial charge < -0.3 is 15.2 Å². The number of benzene rings is 1. The van der Waals surface area contributed by atoms with Crippen LogP contribution in [0.4, 0.5) is 5.82 Å². The Morgan fingerprint density at radius 1 is 1.35 bits per heavy atom. The second kappa shape index (κ2) is 5.46. The van der Waals surface area contributed by atoms with E-state index in [1.807, 2.05) is 24.3 Å². The lowest BCUT2D eigenvalue weighted by molar-refractivity contribution is 0.109. The van der Waals surface area contributed by atoms with Crippen molar-refractivity contribution in [2.24, 2.45) is 0 Å². The van der Waals surface area contributed by atoms with E-state index >= 15 is 0 Å². The highest BCUT2D eigenvalue weighted by Crippen LogP contribution is 2.21.